The van der Waals surface area contributed by atoms with Gasteiger partial charge in [-0.2, -0.15) is 0 Å². The van der Waals surface area contributed by atoms with Gasteiger partial charge >= 0.3 is 5.97 Å². The van der Waals surface area contributed by atoms with Crippen LogP contribution in [0.15, 0.2) is 24.3 Å². The summed E-state index contributed by atoms with van der Waals surface area (Å²) in [7, 11) is 0. The number of esters is 1. The van der Waals surface area contributed by atoms with Crippen LogP contribution in [-0.4, -0.2) is 12.6 Å². The van der Waals surface area contributed by atoms with Gasteiger partial charge in [0.1, 0.15) is 0 Å². The molecule has 0 rings (SSSR count). The van der Waals surface area contributed by atoms with Crippen molar-refractivity contribution < 1.29 is 9.53 Å². The van der Waals surface area contributed by atoms with Gasteiger partial charge in [-0.15, -0.1) is 0 Å². The molecule has 1 unspecified atom stereocenters. The van der Waals surface area contributed by atoms with Crippen molar-refractivity contribution in [3.05, 3.63) is 24.3 Å². The molecule has 0 aromatic carbocycles. The first-order valence-corrected chi connectivity index (χ1v) is 8.69. The van der Waals surface area contributed by atoms with E-state index in [0.717, 1.165) is 6.42 Å². The Kier molecular flexibility index (Phi) is 14.6. The Labute approximate surface area is 131 Å². The summed E-state index contributed by atoms with van der Waals surface area (Å²) in [5.41, 5.74) is 0. The Balaban J connectivity index is 3.54. The largest absolute Gasteiger partial charge is 0.462 e. The topological polar surface area (TPSA) is 26.3 Å². The number of hydrogen-bond acceptors (Lipinski definition) is 2. The molecule has 2 nitrogen and oxygen atoms in total. The van der Waals surface area contributed by atoms with Crippen LogP contribution in [0.4, 0.5) is 0 Å². The molecule has 2 heteroatoms. The molecule has 0 N–H and O–H groups in total. The highest BCUT2D eigenvalue weighted by Crippen LogP contribution is 2.15. The van der Waals surface area contributed by atoms with Gasteiger partial charge in [-0.25, -0.2) is 4.79 Å². The van der Waals surface area contributed by atoms with Gasteiger partial charge in [-0.3, -0.25) is 0 Å². The summed E-state index contributed by atoms with van der Waals surface area (Å²) in [5.74, 6) is 0.299. The smallest absolute Gasteiger partial charge is 0.330 e. The summed E-state index contributed by atoms with van der Waals surface area (Å²) in [6.45, 7) is 6.80. The predicted molar refractivity (Wildman–Crippen MR) is 91.3 cm³/mol. The molecule has 0 aliphatic heterocycles. The fourth-order valence-electron chi connectivity index (χ4n) is 2.22. The number of rotatable bonds is 13. The van der Waals surface area contributed by atoms with E-state index in [1.807, 2.05) is 6.92 Å². The molecule has 1 atom stereocenters. The van der Waals surface area contributed by atoms with Gasteiger partial charge in [-0.1, -0.05) is 64.2 Å². The van der Waals surface area contributed by atoms with Gasteiger partial charge in [0.25, 0.3) is 0 Å². The monoisotopic (exact) mass is 294 g/mol. The molecule has 122 valence electrons. The fraction of sp³-hybridized carbons (Fsp3) is 0.737. The first kappa shape index (κ1) is 19.9. The molecule has 0 bridgehead atoms. The molecule has 0 spiro atoms. The van der Waals surface area contributed by atoms with Gasteiger partial charge in [0.05, 0.1) is 6.61 Å². The number of carbonyl (C=O) groups excluding carboxylic acids is 1. The Morgan fingerprint density at radius 1 is 1.05 bits per heavy atom. The van der Waals surface area contributed by atoms with Gasteiger partial charge in [-0.05, 0) is 38.5 Å². The summed E-state index contributed by atoms with van der Waals surface area (Å²) < 4.78 is 5.23. The van der Waals surface area contributed by atoms with Gasteiger partial charge < -0.3 is 4.74 Å². The van der Waals surface area contributed by atoms with E-state index >= 15 is 0 Å². The Hall–Kier alpha value is -1.05. The first-order valence-electron chi connectivity index (χ1n) is 8.69. The number of hydrogen-bond donors (Lipinski definition) is 0. The second kappa shape index (κ2) is 15.3. The molecule has 0 aromatic heterocycles. The van der Waals surface area contributed by atoms with Gasteiger partial charge in [0.2, 0.25) is 0 Å². The zero-order chi connectivity index (χ0) is 15.8. The summed E-state index contributed by atoms with van der Waals surface area (Å²) in [6.07, 6.45) is 18.9. The second-order valence-electron chi connectivity index (χ2n) is 5.66. The lowest BCUT2D eigenvalue weighted by atomic mass is 9.99. The van der Waals surface area contributed by atoms with Crippen LogP contribution >= 0.6 is 0 Å². The van der Waals surface area contributed by atoms with E-state index in [1.54, 1.807) is 6.08 Å². The minimum absolute atomic E-state index is 0.215. The summed E-state index contributed by atoms with van der Waals surface area (Å²) in [6, 6.07) is 0. The Morgan fingerprint density at radius 3 is 2.38 bits per heavy atom. The molecule has 0 aliphatic carbocycles. The van der Waals surface area contributed by atoms with Crippen LogP contribution < -0.4 is 0 Å². The predicted octanol–water partition coefficient (Wildman–Crippen LogP) is 5.83. The van der Waals surface area contributed by atoms with Crippen LogP contribution in [0.1, 0.15) is 78.6 Å². The lowest BCUT2D eigenvalue weighted by Gasteiger charge is -2.14. The van der Waals surface area contributed by atoms with Crippen LogP contribution in [0.3, 0.4) is 0 Å². The average molecular weight is 294 g/mol. The average Bonchev–Trinajstić information content (AvgIpc) is 2.49. The van der Waals surface area contributed by atoms with E-state index in [2.05, 4.69) is 26.0 Å². The normalized spacial score (nSPS) is 13.1. The number of unbranched alkanes of at least 4 members (excludes halogenated alkanes) is 5. The van der Waals surface area contributed by atoms with E-state index in [4.69, 9.17) is 4.74 Å². The number of ether oxygens (including phenoxy) is 1. The molecular formula is C19H34O2. The van der Waals surface area contributed by atoms with Crippen LogP contribution in [0.5, 0.6) is 0 Å². The quantitative estimate of drug-likeness (QED) is 0.185. The third kappa shape index (κ3) is 13.7. The molecule has 0 heterocycles. The maximum Gasteiger partial charge on any atom is 0.330 e. The third-order valence-corrected chi connectivity index (χ3v) is 3.72. The van der Waals surface area contributed by atoms with Crippen molar-refractivity contribution in [1.82, 2.24) is 0 Å². The number of allylic oxidation sites excluding steroid dienone is 3. The number of carbonyl (C=O) groups is 1. The van der Waals surface area contributed by atoms with E-state index in [0.29, 0.717) is 12.5 Å². The van der Waals surface area contributed by atoms with Crippen LogP contribution in [0, 0.1) is 5.92 Å². The summed E-state index contributed by atoms with van der Waals surface area (Å²) in [5, 5.41) is 0. The van der Waals surface area contributed by atoms with E-state index < -0.39 is 0 Å². The van der Waals surface area contributed by atoms with Crippen LogP contribution in [-0.2, 0) is 9.53 Å². The molecule has 21 heavy (non-hydrogen) atoms. The lowest BCUT2D eigenvalue weighted by Crippen LogP contribution is -2.12. The first-order chi connectivity index (χ1) is 10.2. The zero-order valence-electron chi connectivity index (χ0n) is 14.3. The molecule has 0 saturated heterocycles. The zero-order valence-corrected chi connectivity index (χ0v) is 14.3. The fourth-order valence-corrected chi connectivity index (χ4v) is 2.22. The van der Waals surface area contributed by atoms with E-state index in [1.165, 1.54) is 57.4 Å². The minimum Gasteiger partial charge on any atom is -0.462 e. The maximum atomic E-state index is 11.3. The van der Waals surface area contributed by atoms with Crippen molar-refractivity contribution in [3.63, 3.8) is 0 Å². The van der Waals surface area contributed by atoms with E-state index in [-0.39, 0.29) is 5.97 Å². The Bertz CT molecular complexity index is 292. The standard InChI is InChI=1S/C19H34O2/c1-4-7-8-9-10-11-12-13-14-16-18(6-3)17-21-19(20)15-5-2/h5,9-10,15,18H,4,6-8,11-14,16-17H2,1-3H3/b10-9?,15-5-. The summed E-state index contributed by atoms with van der Waals surface area (Å²) in [4.78, 5) is 11.3. The van der Waals surface area contributed by atoms with Crippen molar-refractivity contribution in [2.45, 2.75) is 78.6 Å². The third-order valence-electron chi connectivity index (χ3n) is 3.72. The van der Waals surface area contributed by atoms with Gasteiger partial charge in [0, 0.05) is 6.08 Å². The summed E-state index contributed by atoms with van der Waals surface area (Å²) >= 11 is 0. The molecule has 0 aromatic rings. The second-order valence-corrected chi connectivity index (χ2v) is 5.66. The van der Waals surface area contributed by atoms with Crippen molar-refractivity contribution >= 4 is 5.97 Å². The minimum atomic E-state index is -0.215. The molecular weight excluding hydrogens is 260 g/mol. The van der Waals surface area contributed by atoms with Crippen molar-refractivity contribution in [1.29, 1.82) is 0 Å². The van der Waals surface area contributed by atoms with Crippen LogP contribution in [0.2, 0.25) is 0 Å². The van der Waals surface area contributed by atoms with Crippen molar-refractivity contribution in [2.24, 2.45) is 5.92 Å². The highest BCUT2D eigenvalue weighted by molar-refractivity contribution is 5.81. The van der Waals surface area contributed by atoms with E-state index in [9.17, 15) is 4.79 Å². The highest BCUT2D eigenvalue weighted by atomic mass is 16.5. The molecule has 0 radical (unpaired) electrons. The maximum absolute atomic E-state index is 11.3. The van der Waals surface area contributed by atoms with Crippen molar-refractivity contribution in [3.8, 4) is 0 Å². The lowest BCUT2D eigenvalue weighted by molar-refractivity contribution is -0.139. The molecule has 0 saturated carbocycles. The molecule has 0 aliphatic rings. The van der Waals surface area contributed by atoms with Gasteiger partial charge in [0.15, 0.2) is 0 Å². The molecule has 0 amide bonds. The highest BCUT2D eigenvalue weighted by Gasteiger charge is 2.08. The van der Waals surface area contributed by atoms with Crippen molar-refractivity contribution in [2.75, 3.05) is 6.61 Å². The Morgan fingerprint density at radius 2 is 1.76 bits per heavy atom. The van der Waals surface area contributed by atoms with Crippen LogP contribution in [0.25, 0.3) is 0 Å². The molecule has 0 fully saturated rings. The SMILES string of the molecule is C/C=C\C(=O)OCC(CC)CCCCCC=CCCCC.